The number of hydrogen-bond acceptors (Lipinski definition) is 3. The van der Waals surface area contributed by atoms with Crippen molar-refractivity contribution >= 4 is 0 Å². The first-order chi connectivity index (χ1) is 8.19. The van der Waals surface area contributed by atoms with E-state index in [0.717, 1.165) is 38.0 Å². The van der Waals surface area contributed by atoms with Crippen molar-refractivity contribution in [3.8, 4) is 5.75 Å². The van der Waals surface area contributed by atoms with Gasteiger partial charge >= 0.3 is 0 Å². The van der Waals surface area contributed by atoms with Crippen LogP contribution in [0.3, 0.4) is 0 Å². The highest BCUT2D eigenvalue weighted by Crippen LogP contribution is 2.18. The van der Waals surface area contributed by atoms with Crippen molar-refractivity contribution in [3.05, 3.63) is 29.6 Å². The third-order valence-electron chi connectivity index (χ3n) is 3.24. The molecule has 1 fully saturated rings. The van der Waals surface area contributed by atoms with Crippen molar-refractivity contribution in [1.29, 1.82) is 0 Å². The summed E-state index contributed by atoms with van der Waals surface area (Å²) in [6, 6.07) is 5.45. The summed E-state index contributed by atoms with van der Waals surface area (Å²) < 4.78 is 18.3. The van der Waals surface area contributed by atoms with Crippen LogP contribution in [0.4, 0.5) is 4.39 Å². The molecule has 1 aliphatic rings. The lowest BCUT2D eigenvalue weighted by Crippen LogP contribution is -2.28. The lowest BCUT2D eigenvalue weighted by molar-refractivity contribution is 0.338. The molecular weight excluding hydrogens is 219 g/mol. The lowest BCUT2D eigenvalue weighted by Gasteiger charge is -2.15. The summed E-state index contributed by atoms with van der Waals surface area (Å²) in [5, 5.41) is 0. The van der Waals surface area contributed by atoms with E-state index in [4.69, 9.17) is 10.5 Å². The third kappa shape index (κ3) is 3.17. The molecular formula is C13H19FN2O. The van der Waals surface area contributed by atoms with Crippen molar-refractivity contribution in [2.24, 2.45) is 5.73 Å². The fourth-order valence-electron chi connectivity index (χ4n) is 2.22. The van der Waals surface area contributed by atoms with Gasteiger partial charge in [-0.2, -0.15) is 0 Å². The Hall–Kier alpha value is -1.13. The van der Waals surface area contributed by atoms with Crippen LogP contribution in [-0.4, -0.2) is 37.7 Å². The van der Waals surface area contributed by atoms with Gasteiger partial charge in [-0.05, 0) is 37.1 Å². The van der Waals surface area contributed by atoms with Gasteiger partial charge in [0.1, 0.15) is 0 Å². The van der Waals surface area contributed by atoms with Crippen LogP contribution in [0.25, 0.3) is 0 Å². The Morgan fingerprint density at radius 3 is 2.94 bits per heavy atom. The molecule has 94 valence electrons. The van der Waals surface area contributed by atoms with Gasteiger partial charge in [0.05, 0.1) is 7.11 Å². The molecule has 1 unspecified atom stereocenters. The molecule has 1 saturated heterocycles. The van der Waals surface area contributed by atoms with E-state index in [1.165, 1.54) is 7.11 Å². The van der Waals surface area contributed by atoms with Crippen molar-refractivity contribution in [2.45, 2.75) is 18.9 Å². The molecule has 0 radical (unpaired) electrons. The largest absolute Gasteiger partial charge is 0.494 e. The van der Waals surface area contributed by atoms with Crippen LogP contribution in [0.2, 0.25) is 0 Å². The Labute approximate surface area is 101 Å². The summed E-state index contributed by atoms with van der Waals surface area (Å²) in [5.74, 6) is 0.0140. The summed E-state index contributed by atoms with van der Waals surface area (Å²) in [6.45, 7) is 2.96. The first kappa shape index (κ1) is 12.3. The van der Waals surface area contributed by atoms with Gasteiger partial charge in [0.15, 0.2) is 11.6 Å². The van der Waals surface area contributed by atoms with E-state index in [1.807, 2.05) is 6.07 Å². The minimum absolute atomic E-state index is 0.289. The van der Waals surface area contributed by atoms with E-state index >= 15 is 0 Å². The van der Waals surface area contributed by atoms with Gasteiger partial charge in [-0.3, -0.25) is 0 Å². The minimum Gasteiger partial charge on any atom is -0.494 e. The normalized spacial score (nSPS) is 20.8. The average Bonchev–Trinajstić information content (AvgIpc) is 2.73. The maximum atomic E-state index is 13.5. The van der Waals surface area contributed by atoms with Gasteiger partial charge < -0.3 is 15.4 Å². The predicted molar refractivity (Wildman–Crippen MR) is 65.7 cm³/mol. The zero-order valence-corrected chi connectivity index (χ0v) is 10.2. The maximum Gasteiger partial charge on any atom is 0.165 e. The Morgan fingerprint density at radius 2 is 2.35 bits per heavy atom. The molecule has 0 aliphatic carbocycles. The number of likely N-dealkylation sites (tertiary alicyclic amines) is 1. The van der Waals surface area contributed by atoms with Crippen LogP contribution in [0.1, 0.15) is 12.0 Å². The second kappa shape index (κ2) is 5.47. The minimum atomic E-state index is -0.289. The number of nitrogens with zero attached hydrogens (tertiary/aromatic N) is 1. The lowest BCUT2D eigenvalue weighted by atomic mass is 10.1. The van der Waals surface area contributed by atoms with Crippen LogP contribution in [0.15, 0.2) is 18.2 Å². The third-order valence-corrected chi connectivity index (χ3v) is 3.24. The van der Waals surface area contributed by atoms with Crippen LogP contribution in [-0.2, 0) is 6.42 Å². The number of ether oxygens (including phenoxy) is 1. The standard InChI is InChI=1S/C13H19FN2O/c1-17-13-3-2-10(8-12(13)14)4-6-16-7-5-11(15)9-16/h2-3,8,11H,4-7,9,15H2,1H3. The van der Waals surface area contributed by atoms with E-state index in [9.17, 15) is 4.39 Å². The molecule has 2 N–H and O–H groups in total. The number of rotatable bonds is 4. The van der Waals surface area contributed by atoms with E-state index in [0.29, 0.717) is 11.8 Å². The van der Waals surface area contributed by atoms with Crippen LogP contribution in [0, 0.1) is 5.82 Å². The molecule has 0 amide bonds. The molecule has 0 saturated carbocycles. The second-order valence-electron chi connectivity index (χ2n) is 4.57. The van der Waals surface area contributed by atoms with Crippen LogP contribution in [0.5, 0.6) is 5.75 Å². The number of methoxy groups -OCH3 is 1. The molecule has 17 heavy (non-hydrogen) atoms. The van der Waals surface area contributed by atoms with Gasteiger partial charge in [0.25, 0.3) is 0 Å². The number of hydrogen-bond donors (Lipinski definition) is 1. The Kier molecular flexibility index (Phi) is 3.97. The van der Waals surface area contributed by atoms with Gasteiger partial charge in [-0.25, -0.2) is 4.39 Å². The monoisotopic (exact) mass is 238 g/mol. The van der Waals surface area contributed by atoms with Crippen molar-refractivity contribution in [3.63, 3.8) is 0 Å². The first-order valence-electron chi connectivity index (χ1n) is 5.99. The molecule has 1 aliphatic heterocycles. The van der Waals surface area contributed by atoms with Crippen molar-refractivity contribution < 1.29 is 9.13 Å². The van der Waals surface area contributed by atoms with E-state index in [1.54, 1.807) is 12.1 Å². The van der Waals surface area contributed by atoms with Gasteiger partial charge in [0, 0.05) is 19.1 Å². The van der Waals surface area contributed by atoms with Gasteiger partial charge in [-0.1, -0.05) is 6.07 Å². The Bertz CT molecular complexity index is 384. The first-order valence-corrected chi connectivity index (χ1v) is 5.99. The maximum absolute atomic E-state index is 13.5. The SMILES string of the molecule is COc1ccc(CCN2CCC(N)C2)cc1F. The number of halogens is 1. The predicted octanol–water partition coefficient (Wildman–Crippen LogP) is 1.41. The fraction of sp³-hybridized carbons (Fsp3) is 0.538. The molecule has 1 atom stereocenters. The van der Waals surface area contributed by atoms with E-state index in [-0.39, 0.29) is 5.82 Å². The van der Waals surface area contributed by atoms with E-state index < -0.39 is 0 Å². The van der Waals surface area contributed by atoms with Crippen molar-refractivity contribution in [1.82, 2.24) is 4.90 Å². The van der Waals surface area contributed by atoms with Gasteiger partial charge in [0.2, 0.25) is 0 Å². The molecule has 4 heteroatoms. The molecule has 0 aromatic heterocycles. The quantitative estimate of drug-likeness (QED) is 0.862. The fourth-order valence-corrected chi connectivity index (χ4v) is 2.22. The molecule has 3 nitrogen and oxygen atoms in total. The highest BCUT2D eigenvalue weighted by Gasteiger charge is 2.18. The smallest absolute Gasteiger partial charge is 0.165 e. The molecule has 1 aromatic rings. The molecule has 1 heterocycles. The summed E-state index contributed by atoms with van der Waals surface area (Å²) in [4.78, 5) is 2.33. The molecule has 2 rings (SSSR count). The zero-order valence-electron chi connectivity index (χ0n) is 10.2. The molecule has 0 bridgehead atoms. The second-order valence-corrected chi connectivity index (χ2v) is 4.57. The highest BCUT2D eigenvalue weighted by atomic mass is 19.1. The van der Waals surface area contributed by atoms with Gasteiger partial charge in [-0.15, -0.1) is 0 Å². The number of nitrogens with two attached hydrogens (primary N) is 1. The molecule has 0 spiro atoms. The van der Waals surface area contributed by atoms with E-state index in [2.05, 4.69) is 4.90 Å². The summed E-state index contributed by atoms with van der Waals surface area (Å²) in [5.41, 5.74) is 6.84. The summed E-state index contributed by atoms with van der Waals surface area (Å²) in [7, 11) is 1.48. The average molecular weight is 238 g/mol. The summed E-state index contributed by atoms with van der Waals surface area (Å²) >= 11 is 0. The van der Waals surface area contributed by atoms with Crippen molar-refractivity contribution in [2.75, 3.05) is 26.7 Å². The highest BCUT2D eigenvalue weighted by molar-refractivity contribution is 5.29. The molecule has 1 aromatic carbocycles. The van der Waals surface area contributed by atoms with Crippen LogP contribution >= 0.6 is 0 Å². The van der Waals surface area contributed by atoms with Crippen LogP contribution < -0.4 is 10.5 Å². The zero-order chi connectivity index (χ0) is 12.3. The Morgan fingerprint density at radius 1 is 1.53 bits per heavy atom. The summed E-state index contributed by atoms with van der Waals surface area (Å²) in [6.07, 6.45) is 1.92. The number of benzene rings is 1. The Balaban J connectivity index is 1.88. The topological polar surface area (TPSA) is 38.5 Å².